The number of anilines is 2. The first-order chi connectivity index (χ1) is 5.11. The Morgan fingerprint density at radius 2 is 1.71 bits per heavy atom. The number of carbonyl (C=O) groups is 1. The Morgan fingerprint density at radius 1 is 1.21 bits per heavy atom. The highest BCUT2D eigenvalue weighted by Gasteiger charge is 2.06. The van der Waals surface area contributed by atoms with Crippen LogP contribution in [-0.2, 0) is 0 Å². The third-order valence-electron chi connectivity index (χ3n) is 1.10. The van der Waals surface area contributed by atoms with Gasteiger partial charge in [-0.25, -0.2) is 4.98 Å². The number of nitrogens with two attached hydrogens (primary N) is 3. The third kappa shape index (κ3) is 4.31. The average molecular weight is 263 g/mol. The van der Waals surface area contributed by atoms with E-state index in [2.05, 4.69) is 9.97 Å². The lowest BCUT2D eigenvalue weighted by Crippen LogP contribution is -2.15. The minimum Gasteiger partial charge on any atom is -0.383 e. The number of nitrogens with zero attached hydrogens (tertiary/aromatic N) is 2. The van der Waals surface area contributed by atoms with Gasteiger partial charge in [-0.05, 0) is 0 Å². The smallest absolute Gasteiger partial charge is 0.254 e. The van der Waals surface area contributed by atoms with Gasteiger partial charge in [0.15, 0.2) is 0 Å². The zero-order valence-corrected chi connectivity index (χ0v) is 9.29. The van der Waals surface area contributed by atoms with Gasteiger partial charge in [0, 0.05) is 6.20 Å². The fourth-order valence-electron chi connectivity index (χ4n) is 0.599. The summed E-state index contributed by atoms with van der Waals surface area (Å²) >= 11 is 0. The number of primary amides is 1. The summed E-state index contributed by atoms with van der Waals surface area (Å²) in [6, 6.07) is 0. The van der Waals surface area contributed by atoms with E-state index >= 15 is 0 Å². The standard InChI is InChI=1S/C5H7N5O.3ClH/c6-3-2(4(7)11)1-9-5(8)10-3;;;/h1H,(H2,7,11)(H4,6,8,9,10);3*1H. The van der Waals surface area contributed by atoms with Crippen molar-refractivity contribution in [2.75, 3.05) is 11.5 Å². The first-order valence-corrected chi connectivity index (χ1v) is 2.79. The van der Waals surface area contributed by atoms with Gasteiger partial charge in [-0.15, -0.1) is 37.2 Å². The van der Waals surface area contributed by atoms with Crippen LogP contribution in [0.3, 0.4) is 0 Å². The molecule has 6 N–H and O–H groups in total. The van der Waals surface area contributed by atoms with Crippen LogP contribution in [0.4, 0.5) is 11.8 Å². The highest BCUT2D eigenvalue weighted by Crippen LogP contribution is 2.06. The second-order valence-corrected chi connectivity index (χ2v) is 1.89. The lowest BCUT2D eigenvalue weighted by molar-refractivity contribution is 0.100. The second-order valence-electron chi connectivity index (χ2n) is 1.89. The lowest BCUT2D eigenvalue weighted by Gasteiger charge is -1.98. The van der Waals surface area contributed by atoms with Crippen LogP contribution in [0, 0.1) is 0 Å². The van der Waals surface area contributed by atoms with Gasteiger partial charge in [-0.1, -0.05) is 0 Å². The highest BCUT2D eigenvalue weighted by atomic mass is 35.5. The van der Waals surface area contributed by atoms with E-state index in [0.29, 0.717) is 0 Å². The van der Waals surface area contributed by atoms with Gasteiger partial charge in [-0.2, -0.15) is 4.98 Å². The number of rotatable bonds is 1. The van der Waals surface area contributed by atoms with Crippen LogP contribution < -0.4 is 17.2 Å². The van der Waals surface area contributed by atoms with Crippen LogP contribution in [0.5, 0.6) is 0 Å². The summed E-state index contributed by atoms with van der Waals surface area (Å²) in [5, 5.41) is 0. The van der Waals surface area contributed by atoms with Crippen LogP contribution in [0.25, 0.3) is 0 Å². The molecule has 0 aromatic carbocycles. The van der Waals surface area contributed by atoms with Gasteiger partial charge in [-0.3, -0.25) is 4.79 Å². The molecule has 0 unspecified atom stereocenters. The molecule has 82 valence electrons. The molecule has 0 fully saturated rings. The Bertz CT molecular complexity index is 307. The van der Waals surface area contributed by atoms with Crippen molar-refractivity contribution in [3.05, 3.63) is 11.8 Å². The van der Waals surface area contributed by atoms with E-state index in [0.717, 1.165) is 0 Å². The van der Waals surface area contributed by atoms with Crippen molar-refractivity contribution in [1.29, 1.82) is 0 Å². The molecule has 1 rings (SSSR count). The number of aromatic nitrogens is 2. The lowest BCUT2D eigenvalue weighted by atomic mass is 10.3. The van der Waals surface area contributed by atoms with E-state index in [-0.39, 0.29) is 54.6 Å². The van der Waals surface area contributed by atoms with Crippen molar-refractivity contribution in [3.8, 4) is 0 Å². The number of hydrogen-bond donors (Lipinski definition) is 3. The first kappa shape index (κ1) is 18.7. The van der Waals surface area contributed by atoms with Crippen LogP contribution in [-0.4, -0.2) is 15.9 Å². The van der Waals surface area contributed by atoms with Gasteiger partial charge >= 0.3 is 0 Å². The molecule has 0 bridgehead atoms. The molecular formula is C5H10Cl3N5O. The molecule has 0 radical (unpaired) electrons. The Hall–Kier alpha value is -0.980. The summed E-state index contributed by atoms with van der Waals surface area (Å²) < 4.78 is 0. The fraction of sp³-hybridized carbons (Fsp3) is 0. The summed E-state index contributed by atoms with van der Waals surface area (Å²) in [7, 11) is 0. The number of hydrogen-bond acceptors (Lipinski definition) is 5. The first-order valence-electron chi connectivity index (χ1n) is 2.79. The summed E-state index contributed by atoms with van der Waals surface area (Å²) in [5.41, 5.74) is 15.5. The largest absolute Gasteiger partial charge is 0.383 e. The van der Waals surface area contributed by atoms with Crippen molar-refractivity contribution in [3.63, 3.8) is 0 Å². The maximum Gasteiger partial charge on any atom is 0.254 e. The predicted molar refractivity (Wildman–Crippen MR) is 61.1 cm³/mol. The molecule has 9 heteroatoms. The zero-order chi connectivity index (χ0) is 8.43. The minimum atomic E-state index is -0.664. The molecule has 1 aromatic rings. The number of nitrogen functional groups attached to an aromatic ring is 2. The van der Waals surface area contributed by atoms with E-state index in [9.17, 15) is 4.79 Å². The maximum absolute atomic E-state index is 10.6. The normalized spacial score (nSPS) is 7.43. The topological polar surface area (TPSA) is 121 Å². The van der Waals surface area contributed by atoms with Crippen LogP contribution in [0.15, 0.2) is 6.20 Å². The predicted octanol–water partition coefficient (Wildman–Crippen LogP) is 0.00530. The molecular weight excluding hydrogens is 252 g/mol. The Labute approximate surface area is 98.9 Å². The third-order valence-corrected chi connectivity index (χ3v) is 1.10. The highest BCUT2D eigenvalue weighted by molar-refractivity contribution is 5.96. The van der Waals surface area contributed by atoms with Gasteiger partial charge in [0.05, 0.1) is 5.56 Å². The van der Waals surface area contributed by atoms with Gasteiger partial charge in [0.25, 0.3) is 5.91 Å². The molecule has 0 aliphatic carbocycles. The molecule has 1 amide bonds. The van der Waals surface area contributed by atoms with Crippen molar-refractivity contribution >= 4 is 54.9 Å². The van der Waals surface area contributed by atoms with Gasteiger partial charge in [0.1, 0.15) is 5.82 Å². The Kier molecular flexibility index (Phi) is 9.94. The maximum atomic E-state index is 10.6. The van der Waals surface area contributed by atoms with E-state index < -0.39 is 5.91 Å². The molecule has 1 aromatic heterocycles. The molecule has 6 nitrogen and oxygen atoms in total. The monoisotopic (exact) mass is 261 g/mol. The summed E-state index contributed by atoms with van der Waals surface area (Å²) in [5.74, 6) is -0.639. The molecule has 1 heterocycles. The summed E-state index contributed by atoms with van der Waals surface area (Å²) in [4.78, 5) is 17.6. The Morgan fingerprint density at radius 3 is 2.07 bits per heavy atom. The number of amides is 1. The van der Waals surface area contributed by atoms with E-state index in [1.54, 1.807) is 0 Å². The number of carbonyl (C=O) groups excluding carboxylic acids is 1. The van der Waals surface area contributed by atoms with Crippen molar-refractivity contribution in [2.45, 2.75) is 0 Å². The fourth-order valence-corrected chi connectivity index (χ4v) is 0.599. The van der Waals surface area contributed by atoms with Crippen LogP contribution in [0.1, 0.15) is 10.4 Å². The molecule has 0 aliphatic rings. The van der Waals surface area contributed by atoms with Crippen LogP contribution >= 0.6 is 37.2 Å². The van der Waals surface area contributed by atoms with Crippen molar-refractivity contribution < 1.29 is 4.79 Å². The second kappa shape index (κ2) is 7.43. The minimum absolute atomic E-state index is 0. The van der Waals surface area contributed by atoms with E-state index in [1.165, 1.54) is 6.20 Å². The molecule has 14 heavy (non-hydrogen) atoms. The average Bonchev–Trinajstić information content (AvgIpc) is 1.85. The summed E-state index contributed by atoms with van der Waals surface area (Å²) in [6.45, 7) is 0. The zero-order valence-electron chi connectivity index (χ0n) is 6.84. The van der Waals surface area contributed by atoms with Crippen molar-refractivity contribution in [2.24, 2.45) is 5.73 Å². The molecule has 0 saturated carbocycles. The van der Waals surface area contributed by atoms with Gasteiger partial charge < -0.3 is 17.2 Å². The molecule has 0 spiro atoms. The van der Waals surface area contributed by atoms with Gasteiger partial charge in [0.2, 0.25) is 5.95 Å². The quantitative estimate of drug-likeness (QED) is 0.658. The summed E-state index contributed by atoms with van der Waals surface area (Å²) in [6.07, 6.45) is 1.19. The van der Waals surface area contributed by atoms with E-state index in [4.69, 9.17) is 17.2 Å². The number of halogens is 3. The van der Waals surface area contributed by atoms with E-state index in [1.807, 2.05) is 0 Å². The van der Waals surface area contributed by atoms with Crippen molar-refractivity contribution in [1.82, 2.24) is 9.97 Å². The SMILES string of the molecule is Cl.Cl.Cl.NC(=O)c1cnc(N)nc1N. The molecule has 0 aliphatic heterocycles. The van der Waals surface area contributed by atoms with Crippen LogP contribution in [0.2, 0.25) is 0 Å². The molecule has 0 saturated heterocycles. The molecule has 0 atom stereocenters. The Balaban J connectivity index is -0.000000403.